The molecule has 0 saturated carbocycles. The third kappa shape index (κ3) is 4.28. The normalized spacial score (nSPS) is 12.8. The van der Waals surface area contributed by atoms with Crippen molar-refractivity contribution in [3.05, 3.63) is 58.7 Å². The summed E-state index contributed by atoms with van der Waals surface area (Å²) in [7, 11) is 0. The monoisotopic (exact) mass is 355 g/mol. The van der Waals surface area contributed by atoms with Crippen molar-refractivity contribution in [1.82, 2.24) is 10.7 Å². The minimum atomic E-state index is 0.276. The minimum absolute atomic E-state index is 0.276. The van der Waals surface area contributed by atoms with Gasteiger partial charge in [-0.3, -0.25) is 5.43 Å². The van der Waals surface area contributed by atoms with Crippen molar-refractivity contribution in [1.29, 1.82) is 0 Å². The van der Waals surface area contributed by atoms with Crippen molar-refractivity contribution < 1.29 is 9.47 Å². The number of rotatable bonds is 4. The van der Waals surface area contributed by atoms with Gasteiger partial charge in [0.05, 0.1) is 5.71 Å². The summed E-state index contributed by atoms with van der Waals surface area (Å²) in [4.78, 5) is 0. The maximum absolute atomic E-state index is 5.37. The van der Waals surface area contributed by atoms with Gasteiger partial charge in [-0.15, -0.1) is 0 Å². The Labute approximate surface area is 153 Å². The van der Waals surface area contributed by atoms with Gasteiger partial charge in [0, 0.05) is 12.1 Å². The van der Waals surface area contributed by atoms with Crippen LogP contribution in [0.3, 0.4) is 0 Å². The van der Waals surface area contributed by atoms with Gasteiger partial charge in [-0.05, 0) is 62.3 Å². The van der Waals surface area contributed by atoms with E-state index in [9.17, 15) is 0 Å². The van der Waals surface area contributed by atoms with Crippen LogP contribution in [0.5, 0.6) is 11.5 Å². The molecule has 0 radical (unpaired) electrons. The summed E-state index contributed by atoms with van der Waals surface area (Å²) in [5.74, 6) is 1.54. The first kappa shape index (κ1) is 17.2. The van der Waals surface area contributed by atoms with E-state index in [0.717, 1.165) is 28.3 Å². The molecular formula is C19H21N3O2S. The number of nitrogens with one attached hydrogen (secondary N) is 2. The van der Waals surface area contributed by atoms with Gasteiger partial charge in [0.25, 0.3) is 0 Å². The van der Waals surface area contributed by atoms with E-state index in [1.54, 1.807) is 0 Å². The number of fused-ring (bicyclic) bond motifs is 1. The smallest absolute Gasteiger partial charge is 0.231 e. The number of ether oxygens (including phenoxy) is 2. The fourth-order valence-corrected chi connectivity index (χ4v) is 2.71. The standard InChI is InChI=1S/C19H21N3O2S/c1-12-4-5-13(2)16(8-12)14(3)21-22-19(25)20-10-15-6-7-17-18(9-15)24-11-23-17/h4-9H,10-11H2,1-3H3,(H2,20,22,25)/b21-14-. The molecule has 0 atom stereocenters. The molecule has 2 N–H and O–H groups in total. The lowest BCUT2D eigenvalue weighted by Gasteiger charge is -2.10. The van der Waals surface area contributed by atoms with Crippen LogP contribution in [0.1, 0.15) is 29.2 Å². The summed E-state index contributed by atoms with van der Waals surface area (Å²) in [5.41, 5.74) is 8.37. The molecule has 0 amide bonds. The lowest BCUT2D eigenvalue weighted by atomic mass is 10.0. The zero-order valence-electron chi connectivity index (χ0n) is 14.6. The Balaban J connectivity index is 1.56. The molecule has 0 aliphatic carbocycles. The average Bonchev–Trinajstić information content (AvgIpc) is 3.07. The predicted molar refractivity (Wildman–Crippen MR) is 103 cm³/mol. The highest BCUT2D eigenvalue weighted by molar-refractivity contribution is 7.80. The van der Waals surface area contributed by atoms with Gasteiger partial charge in [-0.1, -0.05) is 23.8 Å². The Kier molecular flexibility index (Phi) is 5.19. The molecule has 6 heteroatoms. The van der Waals surface area contributed by atoms with Crippen molar-refractivity contribution >= 4 is 23.0 Å². The Bertz CT molecular complexity index is 833. The molecule has 1 aliphatic heterocycles. The van der Waals surface area contributed by atoms with Gasteiger partial charge in [0.2, 0.25) is 6.79 Å². The number of hydrogen-bond acceptors (Lipinski definition) is 4. The first-order valence-corrected chi connectivity index (χ1v) is 8.48. The molecule has 0 spiro atoms. The van der Waals surface area contributed by atoms with E-state index >= 15 is 0 Å². The molecule has 0 fully saturated rings. The van der Waals surface area contributed by atoms with Crippen LogP contribution >= 0.6 is 12.2 Å². The van der Waals surface area contributed by atoms with Crippen LogP contribution in [0, 0.1) is 13.8 Å². The highest BCUT2D eigenvalue weighted by Gasteiger charge is 2.13. The fraction of sp³-hybridized carbons (Fsp3) is 0.263. The maximum atomic E-state index is 5.37. The molecule has 2 aromatic rings. The van der Waals surface area contributed by atoms with Gasteiger partial charge in [-0.25, -0.2) is 0 Å². The quantitative estimate of drug-likeness (QED) is 0.500. The van der Waals surface area contributed by atoms with E-state index < -0.39 is 0 Å². The van der Waals surface area contributed by atoms with Gasteiger partial charge in [0.1, 0.15) is 0 Å². The van der Waals surface area contributed by atoms with Crippen LogP contribution in [0.25, 0.3) is 0 Å². The molecule has 130 valence electrons. The number of aryl methyl sites for hydroxylation is 2. The van der Waals surface area contributed by atoms with Crippen molar-refractivity contribution in [2.24, 2.45) is 5.10 Å². The van der Waals surface area contributed by atoms with E-state index in [4.69, 9.17) is 21.7 Å². The number of hydrazone groups is 1. The van der Waals surface area contributed by atoms with Crippen molar-refractivity contribution in [2.75, 3.05) is 6.79 Å². The van der Waals surface area contributed by atoms with E-state index in [-0.39, 0.29) is 6.79 Å². The third-order valence-electron chi connectivity index (χ3n) is 4.00. The summed E-state index contributed by atoms with van der Waals surface area (Å²) in [6, 6.07) is 12.1. The van der Waals surface area contributed by atoms with Crippen LogP contribution in [-0.2, 0) is 6.54 Å². The van der Waals surface area contributed by atoms with E-state index in [0.29, 0.717) is 11.7 Å². The van der Waals surface area contributed by atoms with Crippen molar-refractivity contribution in [3.63, 3.8) is 0 Å². The van der Waals surface area contributed by atoms with Crippen LogP contribution in [0.15, 0.2) is 41.5 Å². The SMILES string of the molecule is C/C(=N/NC(=S)NCc1ccc2c(c1)OCO2)c1cc(C)ccc1C. The molecule has 0 saturated heterocycles. The van der Waals surface area contributed by atoms with E-state index in [2.05, 4.69) is 47.9 Å². The molecule has 5 nitrogen and oxygen atoms in total. The Morgan fingerprint density at radius 3 is 2.76 bits per heavy atom. The zero-order valence-corrected chi connectivity index (χ0v) is 15.4. The van der Waals surface area contributed by atoms with Gasteiger partial charge >= 0.3 is 0 Å². The summed E-state index contributed by atoms with van der Waals surface area (Å²) < 4.78 is 10.7. The molecule has 3 rings (SSSR count). The number of nitrogens with zero attached hydrogens (tertiary/aromatic N) is 1. The lowest BCUT2D eigenvalue weighted by Crippen LogP contribution is -2.32. The molecular weight excluding hydrogens is 334 g/mol. The number of thiocarbonyl (C=S) groups is 1. The number of benzene rings is 2. The second-order valence-corrected chi connectivity index (χ2v) is 6.41. The summed E-state index contributed by atoms with van der Waals surface area (Å²) in [5, 5.41) is 8.00. The first-order valence-electron chi connectivity index (χ1n) is 8.07. The molecule has 0 aromatic heterocycles. The fourth-order valence-electron chi connectivity index (χ4n) is 2.59. The highest BCUT2D eigenvalue weighted by atomic mass is 32.1. The highest BCUT2D eigenvalue weighted by Crippen LogP contribution is 2.32. The van der Waals surface area contributed by atoms with E-state index in [1.807, 2.05) is 25.1 Å². The zero-order chi connectivity index (χ0) is 17.8. The van der Waals surface area contributed by atoms with Gasteiger partial charge in [0.15, 0.2) is 16.6 Å². The summed E-state index contributed by atoms with van der Waals surface area (Å²) in [6.07, 6.45) is 0. The average molecular weight is 355 g/mol. The molecule has 1 heterocycles. The topological polar surface area (TPSA) is 54.9 Å². The molecule has 0 bridgehead atoms. The summed E-state index contributed by atoms with van der Waals surface area (Å²) in [6.45, 7) is 6.97. The van der Waals surface area contributed by atoms with Crippen LogP contribution in [0.2, 0.25) is 0 Å². The molecule has 0 unspecified atom stereocenters. The van der Waals surface area contributed by atoms with Crippen molar-refractivity contribution in [3.8, 4) is 11.5 Å². The minimum Gasteiger partial charge on any atom is -0.454 e. The Morgan fingerprint density at radius 2 is 1.92 bits per heavy atom. The summed E-state index contributed by atoms with van der Waals surface area (Å²) >= 11 is 5.29. The van der Waals surface area contributed by atoms with Crippen molar-refractivity contribution in [2.45, 2.75) is 27.3 Å². The van der Waals surface area contributed by atoms with Crippen LogP contribution < -0.4 is 20.2 Å². The second-order valence-electron chi connectivity index (χ2n) is 6.00. The Hall–Kier alpha value is -2.60. The number of hydrogen-bond donors (Lipinski definition) is 2. The first-order chi connectivity index (χ1) is 12.0. The van der Waals surface area contributed by atoms with Gasteiger partial charge < -0.3 is 14.8 Å². The predicted octanol–water partition coefficient (Wildman–Crippen LogP) is 3.42. The van der Waals surface area contributed by atoms with E-state index in [1.165, 1.54) is 11.1 Å². The third-order valence-corrected chi connectivity index (χ3v) is 4.23. The second kappa shape index (κ2) is 7.53. The van der Waals surface area contributed by atoms with Gasteiger partial charge in [-0.2, -0.15) is 5.10 Å². The van der Waals surface area contributed by atoms with Crippen LogP contribution in [0.4, 0.5) is 0 Å². The molecule has 2 aromatic carbocycles. The largest absolute Gasteiger partial charge is 0.454 e. The Morgan fingerprint density at radius 1 is 1.12 bits per heavy atom. The maximum Gasteiger partial charge on any atom is 0.231 e. The molecule has 25 heavy (non-hydrogen) atoms. The van der Waals surface area contributed by atoms with Crippen LogP contribution in [-0.4, -0.2) is 17.6 Å². The lowest BCUT2D eigenvalue weighted by molar-refractivity contribution is 0.174. The molecule has 1 aliphatic rings.